The molecular formula is C18H14F3N3O5S2. The van der Waals surface area contributed by atoms with Crippen molar-refractivity contribution >= 4 is 56.1 Å². The second kappa shape index (κ2) is 7.19. The lowest BCUT2D eigenvalue weighted by Crippen LogP contribution is -2.41. The summed E-state index contributed by atoms with van der Waals surface area (Å²) in [5.74, 6) is -3.03. The van der Waals surface area contributed by atoms with Crippen LogP contribution in [0, 0.1) is 0 Å². The Kier molecular flexibility index (Phi) is 5.00. The molecule has 1 unspecified atom stereocenters. The Morgan fingerprint density at radius 3 is 2.52 bits per heavy atom. The molecule has 1 aromatic carbocycles. The van der Waals surface area contributed by atoms with Crippen LogP contribution in [0.4, 0.5) is 13.2 Å². The van der Waals surface area contributed by atoms with Gasteiger partial charge in [0, 0.05) is 17.6 Å². The number of hydrogen-bond acceptors (Lipinski definition) is 9. The van der Waals surface area contributed by atoms with Crippen LogP contribution in [0.5, 0.6) is 5.75 Å². The van der Waals surface area contributed by atoms with Crippen molar-refractivity contribution < 1.29 is 37.5 Å². The molecule has 13 heteroatoms. The van der Waals surface area contributed by atoms with Crippen molar-refractivity contribution in [3.05, 3.63) is 22.7 Å². The predicted molar refractivity (Wildman–Crippen MR) is 105 cm³/mol. The van der Waals surface area contributed by atoms with Crippen molar-refractivity contribution in [2.45, 2.75) is 43.7 Å². The van der Waals surface area contributed by atoms with Gasteiger partial charge in [-0.05, 0) is 26.0 Å². The maximum atomic E-state index is 13.0. The number of aromatic nitrogens is 1. The zero-order chi connectivity index (χ0) is 22.7. The average molecular weight is 473 g/mol. The molecule has 1 atom stereocenters. The number of thiazole rings is 1. The first-order valence-electron chi connectivity index (χ1n) is 8.92. The van der Waals surface area contributed by atoms with Crippen LogP contribution in [0.1, 0.15) is 37.3 Å². The second-order valence-electron chi connectivity index (χ2n) is 7.39. The predicted octanol–water partition coefficient (Wildman–Crippen LogP) is 3.27. The number of aliphatic imine (C=N–C) groups is 1. The van der Waals surface area contributed by atoms with Crippen LogP contribution in [0.2, 0.25) is 0 Å². The summed E-state index contributed by atoms with van der Waals surface area (Å²) in [7, 11) is 0. The van der Waals surface area contributed by atoms with Crippen LogP contribution in [-0.2, 0) is 25.4 Å². The van der Waals surface area contributed by atoms with Crippen LogP contribution in [-0.4, -0.2) is 48.8 Å². The summed E-state index contributed by atoms with van der Waals surface area (Å²) >= 11 is 2.19. The maximum Gasteiger partial charge on any atom is 0.420 e. The number of phenols is 1. The largest absolute Gasteiger partial charge is 0.507 e. The molecular weight excluding hydrogens is 459 g/mol. The number of aromatic hydroxyl groups is 1. The molecule has 8 nitrogen and oxygen atoms in total. The van der Waals surface area contributed by atoms with Gasteiger partial charge in [-0.3, -0.25) is 14.6 Å². The van der Waals surface area contributed by atoms with E-state index < -0.39 is 46.1 Å². The summed E-state index contributed by atoms with van der Waals surface area (Å²) in [6, 6.07) is 0.674. The van der Waals surface area contributed by atoms with E-state index >= 15 is 0 Å². The van der Waals surface area contributed by atoms with Crippen LogP contribution in [0.15, 0.2) is 17.1 Å². The third-order valence-electron chi connectivity index (χ3n) is 4.67. The molecule has 1 N–H and O–H groups in total. The highest BCUT2D eigenvalue weighted by atomic mass is 32.2. The number of imide groups is 1. The number of rotatable bonds is 3. The standard InChI is InChI=1S/C18H14F3N3O5S2/c1-17(2)13(16(28)29-24-11(26)3-4-12(24)27)23-15(31-17)14-22-8-5-7(18(19,20)21)9(25)6-10(8)30-14/h5-6,13,25H,3-4H2,1-2H3. The van der Waals surface area contributed by atoms with E-state index in [0.29, 0.717) is 14.8 Å². The normalized spacial score (nSPS) is 21.1. The van der Waals surface area contributed by atoms with Crippen molar-refractivity contribution in [2.75, 3.05) is 0 Å². The highest BCUT2D eigenvalue weighted by Gasteiger charge is 2.46. The fraction of sp³-hybridized carbons (Fsp3) is 0.389. The summed E-state index contributed by atoms with van der Waals surface area (Å²) in [5, 5.41) is 10.7. The van der Waals surface area contributed by atoms with Gasteiger partial charge in [-0.15, -0.1) is 16.4 Å². The SMILES string of the molecule is CC1(C)SC(c2nc3cc(C(F)(F)F)c(O)cc3s2)=NC1C(=O)ON1C(=O)CCC1=O. The summed E-state index contributed by atoms with van der Waals surface area (Å²) in [4.78, 5) is 49.4. The van der Waals surface area contributed by atoms with Gasteiger partial charge in [0.1, 0.15) is 15.8 Å². The van der Waals surface area contributed by atoms with E-state index in [4.69, 9.17) is 4.84 Å². The fourth-order valence-corrected chi connectivity index (χ4v) is 5.29. The zero-order valence-electron chi connectivity index (χ0n) is 16.0. The molecule has 164 valence electrons. The van der Waals surface area contributed by atoms with Gasteiger partial charge in [0.25, 0.3) is 11.8 Å². The number of nitrogens with zero attached hydrogens (tertiary/aromatic N) is 3. The Morgan fingerprint density at radius 2 is 1.90 bits per heavy atom. The number of alkyl halides is 3. The van der Waals surface area contributed by atoms with Gasteiger partial charge in [0.15, 0.2) is 6.04 Å². The molecule has 0 saturated carbocycles. The number of halogens is 3. The Bertz CT molecular complexity index is 1140. The van der Waals surface area contributed by atoms with Gasteiger partial charge in [0.05, 0.1) is 15.8 Å². The molecule has 0 aliphatic carbocycles. The van der Waals surface area contributed by atoms with Gasteiger partial charge < -0.3 is 9.94 Å². The van der Waals surface area contributed by atoms with Crippen LogP contribution in [0.3, 0.4) is 0 Å². The van der Waals surface area contributed by atoms with E-state index in [1.54, 1.807) is 13.8 Å². The fourth-order valence-electron chi connectivity index (χ4n) is 3.12. The summed E-state index contributed by atoms with van der Waals surface area (Å²) < 4.78 is 38.6. The Labute approximate surface area is 181 Å². The molecule has 1 aromatic heterocycles. The van der Waals surface area contributed by atoms with Crippen molar-refractivity contribution in [2.24, 2.45) is 4.99 Å². The van der Waals surface area contributed by atoms with E-state index in [9.17, 15) is 32.7 Å². The molecule has 0 radical (unpaired) electrons. The molecule has 2 aromatic rings. The summed E-state index contributed by atoms with van der Waals surface area (Å²) in [5.41, 5.74) is -1.16. The number of thioether (sulfide) groups is 1. The van der Waals surface area contributed by atoms with E-state index in [1.807, 2.05) is 0 Å². The molecule has 1 saturated heterocycles. The summed E-state index contributed by atoms with van der Waals surface area (Å²) in [6.07, 6.45) is -4.81. The number of hydrogen-bond donors (Lipinski definition) is 1. The van der Waals surface area contributed by atoms with Gasteiger partial charge >= 0.3 is 12.1 Å². The number of carbonyl (C=O) groups is 3. The molecule has 2 aliphatic rings. The smallest absolute Gasteiger partial charge is 0.420 e. The lowest BCUT2D eigenvalue weighted by atomic mass is 10.0. The number of phenolic OH excluding ortho intramolecular Hbond substituents is 1. The minimum atomic E-state index is -4.73. The molecule has 0 spiro atoms. The number of benzene rings is 1. The van der Waals surface area contributed by atoms with Crippen molar-refractivity contribution in [1.29, 1.82) is 0 Å². The lowest BCUT2D eigenvalue weighted by Gasteiger charge is -2.23. The third-order valence-corrected chi connectivity index (χ3v) is 7.06. The number of amides is 2. The molecule has 31 heavy (non-hydrogen) atoms. The lowest BCUT2D eigenvalue weighted by molar-refractivity contribution is -0.198. The Hall–Kier alpha value is -2.67. The Balaban J connectivity index is 1.64. The minimum Gasteiger partial charge on any atom is -0.507 e. The highest BCUT2D eigenvalue weighted by Crippen LogP contribution is 2.44. The van der Waals surface area contributed by atoms with Gasteiger partial charge in [-0.1, -0.05) is 11.8 Å². The first kappa shape index (κ1) is 21.6. The second-order valence-corrected chi connectivity index (χ2v) is 10.1. The average Bonchev–Trinajstić information content (AvgIpc) is 3.30. The highest BCUT2D eigenvalue weighted by molar-refractivity contribution is 8.16. The summed E-state index contributed by atoms with van der Waals surface area (Å²) in [6.45, 7) is 3.41. The van der Waals surface area contributed by atoms with Crippen molar-refractivity contribution in [3.8, 4) is 5.75 Å². The molecule has 2 amide bonds. The van der Waals surface area contributed by atoms with Gasteiger partial charge in [0.2, 0.25) is 0 Å². The molecule has 0 bridgehead atoms. The van der Waals surface area contributed by atoms with Crippen LogP contribution >= 0.6 is 23.1 Å². The number of carbonyl (C=O) groups excluding carboxylic acids is 3. The number of hydroxylamine groups is 2. The van der Waals surface area contributed by atoms with Crippen LogP contribution in [0.25, 0.3) is 10.2 Å². The van der Waals surface area contributed by atoms with E-state index in [-0.39, 0.29) is 23.4 Å². The molecule has 1 fully saturated rings. The molecule has 4 rings (SSSR count). The molecule has 2 aliphatic heterocycles. The van der Waals surface area contributed by atoms with E-state index in [0.717, 1.165) is 23.5 Å². The zero-order valence-corrected chi connectivity index (χ0v) is 17.7. The topological polar surface area (TPSA) is 109 Å². The van der Waals surface area contributed by atoms with Gasteiger partial charge in [-0.2, -0.15) is 13.2 Å². The Morgan fingerprint density at radius 1 is 1.26 bits per heavy atom. The van der Waals surface area contributed by atoms with Crippen molar-refractivity contribution in [3.63, 3.8) is 0 Å². The van der Waals surface area contributed by atoms with Gasteiger partial charge in [-0.25, -0.2) is 9.78 Å². The van der Waals surface area contributed by atoms with E-state index in [2.05, 4.69) is 9.98 Å². The number of fused-ring (bicyclic) bond motifs is 1. The maximum absolute atomic E-state index is 13.0. The minimum absolute atomic E-state index is 0.0329. The first-order valence-corrected chi connectivity index (χ1v) is 10.6. The third kappa shape index (κ3) is 3.87. The monoisotopic (exact) mass is 473 g/mol. The first-order chi connectivity index (χ1) is 14.4. The quantitative estimate of drug-likeness (QED) is 0.682. The van der Waals surface area contributed by atoms with Crippen LogP contribution < -0.4 is 0 Å². The van der Waals surface area contributed by atoms with Crippen molar-refractivity contribution in [1.82, 2.24) is 10.0 Å². The molecule has 3 heterocycles. The van der Waals surface area contributed by atoms with E-state index in [1.165, 1.54) is 11.8 Å².